The first kappa shape index (κ1) is 16.1. The standard InChI is InChI=1S/C17H15N3O3S/c21-9-12-10-24-15(19-12)8-18-16(22)13-6-7-14(20-17(13)23)11-4-2-1-3-5-11/h1-7,10,21H,8-9H2,(H,18,22)(H,20,23). The van der Waals surface area contributed by atoms with Crippen molar-refractivity contribution in [2.45, 2.75) is 13.2 Å². The van der Waals surface area contributed by atoms with Crippen molar-refractivity contribution in [3.63, 3.8) is 0 Å². The normalized spacial score (nSPS) is 10.5. The Kier molecular flexibility index (Phi) is 4.83. The van der Waals surface area contributed by atoms with Crippen molar-refractivity contribution in [1.29, 1.82) is 0 Å². The number of thiazole rings is 1. The number of H-pyrrole nitrogens is 1. The summed E-state index contributed by atoms with van der Waals surface area (Å²) in [5, 5.41) is 14.0. The third-order valence-electron chi connectivity index (χ3n) is 3.40. The van der Waals surface area contributed by atoms with E-state index in [0.717, 1.165) is 5.56 Å². The van der Waals surface area contributed by atoms with Crippen molar-refractivity contribution in [2.75, 3.05) is 0 Å². The zero-order valence-corrected chi connectivity index (χ0v) is 13.5. The molecule has 0 aliphatic heterocycles. The summed E-state index contributed by atoms with van der Waals surface area (Å²) in [4.78, 5) is 31.2. The Morgan fingerprint density at radius 1 is 1.21 bits per heavy atom. The Hall–Kier alpha value is -2.77. The van der Waals surface area contributed by atoms with Crippen molar-refractivity contribution < 1.29 is 9.90 Å². The van der Waals surface area contributed by atoms with Crippen molar-refractivity contribution in [3.05, 3.63) is 74.5 Å². The lowest BCUT2D eigenvalue weighted by Gasteiger charge is -2.05. The van der Waals surface area contributed by atoms with Gasteiger partial charge in [-0.15, -0.1) is 11.3 Å². The second-order valence-electron chi connectivity index (χ2n) is 5.05. The van der Waals surface area contributed by atoms with E-state index < -0.39 is 11.5 Å². The number of hydrogen-bond acceptors (Lipinski definition) is 5. The Bertz CT molecular complexity index is 903. The molecule has 3 N–H and O–H groups in total. The Morgan fingerprint density at radius 3 is 2.67 bits per heavy atom. The van der Waals surface area contributed by atoms with Gasteiger partial charge in [0, 0.05) is 11.1 Å². The van der Waals surface area contributed by atoms with Crippen LogP contribution in [0.25, 0.3) is 11.3 Å². The van der Waals surface area contributed by atoms with E-state index >= 15 is 0 Å². The Labute approximate surface area is 141 Å². The zero-order valence-electron chi connectivity index (χ0n) is 12.7. The van der Waals surface area contributed by atoms with Crippen molar-refractivity contribution >= 4 is 17.2 Å². The fraction of sp³-hybridized carbons (Fsp3) is 0.118. The molecule has 0 saturated carbocycles. The maximum Gasteiger partial charge on any atom is 0.261 e. The molecule has 0 fully saturated rings. The van der Waals surface area contributed by atoms with Crippen molar-refractivity contribution in [1.82, 2.24) is 15.3 Å². The highest BCUT2D eigenvalue weighted by Gasteiger charge is 2.12. The summed E-state index contributed by atoms with van der Waals surface area (Å²) in [6.45, 7) is 0.0778. The molecule has 2 heterocycles. The SMILES string of the molecule is O=C(NCc1nc(CO)cs1)c1ccc(-c2ccccc2)[nH]c1=O. The number of hydrogen-bond donors (Lipinski definition) is 3. The second-order valence-corrected chi connectivity index (χ2v) is 6.00. The van der Waals surface area contributed by atoms with Crippen LogP contribution in [-0.2, 0) is 13.2 Å². The largest absolute Gasteiger partial charge is 0.390 e. The summed E-state index contributed by atoms with van der Waals surface area (Å²) in [6.07, 6.45) is 0. The third-order valence-corrected chi connectivity index (χ3v) is 4.30. The monoisotopic (exact) mass is 341 g/mol. The number of nitrogens with zero attached hydrogens (tertiary/aromatic N) is 1. The number of aliphatic hydroxyl groups is 1. The van der Waals surface area contributed by atoms with Crippen molar-refractivity contribution in [2.24, 2.45) is 0 Å². The molecule has 0 bridgehead atoms. The smallest absolute Gasteiger partial charge is 0.261 e. The topological polar surface area (TPSA) is 95.1 Å². The van der Waals surface area contributed by atoms with E-state index in [2.05, 4.69) is 15.3 Å². The Balaban J connectivity index is 1.72. The molecule has 3 rings (SSSR count). The van der Waals surface area contributed by atoms with Gasteiger partial charge in [0.15, 0.2) is 0 Å². The van der Waals surface area contributed by atoms with Gasteiger partial charge in [0.1, 0.15) is 10.6 Å². The molecule has 0 aliphatic rings. The quantitative estimate of drug-likeness (QED) is 0.661. The maximum absolute atomic E-state index is 12.2. The number of benzene rings is 1. The van der Waals surface area contributed by atoms with Gasteiger partial charge in [-0.2, -0.15) is 0 Å². The van der Waals surface area contributed by atoms with Crippen LogP contribution >= 0.6 is 11.3 Å². The minimum Gasteiger partial charge on any atom is -0.390 e. The molecule has 6 nitrogen and oxygen atoms in total. The van der Waals surface area contributed by atoms with Crippen LogP contribution in [0, 0.1) is 0 Å². The third kappa shape index (κ3) is 3.58. The van der Waals surface area contributed by atoms with Crippen LogP contribution in [0.5, 0.6) is 0 Å². The predicted molar refractivity (Wildman–Crippen MR) is 91.7 cm³/mol. The van der Waals surface area contributed by atoms with E-state index in [4.69, 9.17) is 5.11 Å². The summed E-state index contributed by atoms with van der Waals surface area (Å²) < 4.78 is 0. The molecule has 0 saturated heterocycles. The van der Waals surface area contributed by atoms with Gasteiger partial charge in [-0.25, -0.2) is 4.98 Å². The lowest BCUT2D eigenvalue weighted by atomic mass is 10.1. The summed E-state index contributed by atoms with van der Waals surface area (Å²) in [6, 6.07) is 12.6. The van der Waals surface area contributed by atoms with Gasteiger partial charge in [-0.3, -0.25) is 9.59 Å². The van der Waals surface area contributed by atoms with E-state index in [1.54, 1.807) is 11.4 Å². The first-order valence-electron chi connectivity index (χ1n) is 7.28. The van der Waals surface area contributed by atoms with Gasteiger partial charge in [-0.1, -0.05) is 30.3 Å². The Morgan fingerprint density at radius 2 is 2.00 bits per heavy atom. The van der Waals surface area contributed by atoms with Crippen LogP contribution in [0.3, 0.4) is 0 Å². The average Bonchev–Trinajstić information content (AvgIpc) is 3.08. The van der Waals surface area contributed by atoms with Crippen molar-refractivity contribution in [3.8, 4) is 11.3 Å². The van der Waals surface area contributed by atoms with Crippen LogP contribution < -0.4 is 10.9 Å². The summed E-state index contributed by atoms with van der Waals surface area (Å²) in [5.74, 6) is -0.461. The first-order chi connectivity index (χ1) is 11.7. The molecule has 1 amide bonds. The number of nitrogens with one attached hydrogen (secondary N) is 2. The van der Waals surface area contributed by atoms with Gasteiger partial charge in [0.05, 0.1) is 18.8 Å². The summed E-state index contributed by atoms with van der Waals surface area (Å²) in [5.41, 5.74) is 1.71. The highest BCUT2D eigenvalue weighted by atomic mass is 32.1. The van der Waals surface area contributed by atoms with Crippen LogP contribution in [0.15, 0.2) is 52.6 Å². The number of carbonyl (C=O) groups excluding carboxylic acids is 1. The maximum atomic E-state index is 12.2. The second kappa shape index (κ2) is 7.20. The molecule has 7 heteroatoms. The number of amides is 1. The van der Waals surface area contributed by atoms with Gasteiger partial charge >= 0.3 is 0 Å². The molecular weight excluding hydrogens is 326 g/mol. The molecule has 2 aromatic heterocycles. The molecule has 0 radical (unpaired) electrons. The molecular formula is C17H15N3O3S. The van der Waals surface area contributed by atoms with E-state index in [0.29, 0.717) is 16.4 Å². The van der Waals surface area contributed by atoms with Crippen LogP contribution in [0.1, 0.15) is 21.1 Å². The molecule has 24 heavy (non-hydrogen) atoms. The van der Waals surface area contributed by atoms with E-state index in [1.807, 2.05) is 30.3 Å². The molecule has 0 spiro atoms. The highest BCUT2D eigenvalue weighted by molar-refractivity contribution is 7.09. The average molecular weight is 341 g/mol. The molecule has 0 unspecified atom stereocenters. The van der Waals surface area contributed by atoms with E-state index in [-0.39, 0.29) is 18.7 Å². The first-order valence-corrected chi connectivity index (χ1v) is 8.16. The number of pyridine rings is 1. The van der Waals surface area contributed by atoms with E-state index in [9.17, 15) is 9.59 Å². The lowest BCUT2D eigenvalue weighted by Crippen LogP contribution is -2.29. The van der Waals surface area contributed by atoms with Crippen LogP contribution in [0.2, 0.25) is 0 Å². The predicted octanol–water partition coefficient (Wildman–Crippen LogP) is 1.92. The number of carbonyl (C=O) groups is 1. The lowest BCUT2D eigenvalue weighted by molar-refractivity contribution is 0.0949. The van der Waals surface area contributed by atoms with Gasteiger partial charge in [0.2, 0.25) is 0 Å². The van der Waals surface area contributed by atoms with Gasteiger partial charge in [0.25, 0.3) is 11.5 Å². The molecule has 3 aromatic rings. The summed E-state index contributed by atoms with van der Waals surface area (Å²) >= 11 is 1.34. The zero-order chi connectivity index (χ0) is 16.9. The number of aliphatic hydroxyl groups excluding tert-OH is 1. The van der Waals surface area contributed by atoms with Crippen LogP contribution in [-0.4, -0.2) is 21.0 Å². The molecule has 0 aliphatic carbocycles. The molecule has 122 valence electrons. The molecule has 0 atom stereocenters. The fourth-order valence-electron chi connectivity index (χ4n) is 2.19. The van der Waals surface area contributed by atoms with Crippen LogP contribution in [0.4, 0.5) is 0 Å². The molecule has 1 aromatic carbocycles. The highest BCUT2D eigenvalue weighted by Crippen LogP contribution is 2.14. The number of aromatic nitrogens is 2. The van der Waals surface area contributed by atoms with Gasteiger partial charge in [-0.05, 0) is 17.7 Å². The summed E-state index contributed by atoms with van der Waals surface area (Å²) in [7, 11) is 0. The minimum absolute atomic E-state index is 0.0496. The van der Waals surface area contributed by atoms with E-state index in [1.165, 1.54) is 17.4 Å². The number of aromatic amines is 1. The van der Waals surface area contributed by atoms with Gasteiger partial charge < -0.3 is 15.4 Å². The fourth-order valence-corrected chi connectivity index (χ4v) is 2.92. The number of rotatable bonds is 5. The minimum atomic E-state index is -0.461.